The predicted molar refractivity (Wildman–Crippen MR) is 152 cm³/mol. The van der Waals surface area contributed by atoms with Gasteiger partial charge in [0, 0.05) is 54.9 Å². The van der Waals surface area contributed by atoms with Gasteiger partial charge in [-0.25, -0.2) is 9.97 Å². The van der Waals surface area contributed by atoms with Gasteiger partial charge in [-0.1, -0.05) is 24.3 Å². The van der Waals surface area contributed by atoms with E-state index in [0.717, 1.165) is 76.8 Å². The van der Waals surface area contributed by atoms with Crippen molar-refractivity contribution >= 4 is 0 Å². The molecule has 0 N–H and O–H groups in total. The maximum absolute atomic E-state index is 5.08. The number of aryl methyl sites for hydroxylation is 3. The van der Waals surface area contributed by atoms with Crippen LogP contribution in [0.15, 0.2) is 55.1 Å². The van der Waals surface area contributed by atoms with E-state index in [0.29, 0.717) is 12.5 Å². The summed E-state index contributed by atoms with van der Waals surface area (Å²) in [7, 11) is 6.17. The third-order valence-electron chi connectivity index (χ3n) is 7.34. The molecule has 1 aliphatic rings. The number of hydrogen-bond donors (Lipinski definition) is 0. The second kappa shape index (κ2) is 10.2. The lowest BCUT2D eigenvalue weighted by molar-refractivity contribution is 0.372. The largest absolute Gasteiger partial charge is 0.308 e. The van der Waals surface area contributed by atoms with E-state index < -0.39 is 0 Å². The first-order valence-corrected chi connectivity index (χ1v) is 13.6. The van der Waals surface area contributed by atoms with E-state index >= 15 is 0 Å². The van der Waals surface area contributed by atoms with Crippen LogP contribution >= 0.6 is 0 Å². The first-order chi connectivity index (χ1) is 18.9. The van der Waals surface area contributed by atoms with E-state index in [1.807, 2.05) is 39.7 Å². The topological polar surface area (TPSA) is 82.5 Å². The maximum Gasteiger partial charge on any atom is 0.134 e. The molecule has 39 heavy (non-hydrogen) atoms. The summed E-state index contributed by atoms with van der Waals surface area (Å²) < 4.78 is 5.98. The first kappa shape index (κ1) is 25.2. The zero-order valence-electron chi connectivity index (χ0n) is 23.3. The fraction of sp³-hybridized carbons (Fsp3) is 0.367. The molecule has 4 aromatic heterocycles. The Morgan fingerprint density at radius 2 is 1.74 bits per heavy atom. The minimum absolute atomic E-state index is 0.338. The Balaban J connectivity index is 1.30. The summed E-state index contributed by atoms with van der Waals surface area (Å²) in [5.74, 6) is 0.784. The number of nitrogens with zero attached hydrogens (tertiary/aromatic N) is 9. The second-order valence-corrected chi connectivity index (χ2v) is 10.9. The maximum atomic E-state index is 5.08. The number of rotatable bonds is 8. The summed E-state index contributed by atoms with van der Waals surface area (Å²) in [5, 5.41) is 14.1. The molecular formula is C30H35N9. The highest BCUT2D eigenvalue weighted by atomic mass is 15.3. The van der Waals surface area contributed by atoms with E-state index in [9.17, 15) is 0 Å². The van der Waals surface area contributed by atoms with Crippen molar-refractivity contribution in [2.45, 2.75) is 45.7 Å². The summed E-state index contributed by atoms with van der Waals surface area (Å²) in [4.78, 5) is 12.0. The van der Waals surface area contributed by atoms with Crippen LogP contribution < -0.4 is 0 Å². The molecule has 0 aliphatic heterocycles. The normalized spacial score (nSPS) is 12.8. The van der Waals surface area contributed by atoms with Crippen LogP contribution in [0.1, 0.15) is 42.7 Å². The van der Waals surface area contributed by atoms with Gasteiger partial charge in [-0.3, -0.25) is 14.0 Å². The molecule has 0 spiro atoms. The molecule has 200 valence electrons. The molecule has 4 heterocycles. The number of benzene rings is 1. The van der Waals surface area contributed by atoms with E-state index in [4.69, 9.17) is 20.2 Å². The van der Waals surface area contributed by atoms with Crippen molar-refractivity contribution in [1.29, 1.82) is 0 Å². The van der Waals surface area contributed by atoms with Gasteiger partial charge in [0.25, 0.3) is 0 Å². The van der Waals surface area contributed by atoms with Gasteiger partial charge in [0.05, 0.1) is 41.9 Å². The Kier molecular flexibility index (Phi) is 6.60. The highest BCUT2D eigenvalue weighted by Gasteiger charge is 2.27. The lowest BCUT2D eigenvalue weighted by Crippen LogP contribution is -2.18. The van der Waals surface area contributed by atoms with Crippen LogP contribution in [0, 0.1) is 0 Å². The third kappa shape index (κ3) is 5.02. The average molecular weight is 522 g/mol. The van der Waals surface area contributed by atoms with Gasteiger partial charge in [-0.2, -0.15) is 15.3 Å². The van der Waals surface area contributed by atoms with Crippen LogP contribution in [0.4, 0.5) is 0 Å². The Bertz CT molecular complexity index is 1600. The van der Waals surface area contributed by atoms with Gasteiger partial charge in [0.15, 0.2) is 0 Å². The van der Waals surface area contributed by atoms with Gasteiger partial charge in [-0.15, -0.1) is 0 Å². The van der Waals surface area contributed by atoms with Crippen molar-refractivity contribution in [2.24, 2.45) is 7.05 Å². The molecule has 0 atom stereocenters. The minimum Gasteiger partial charge on any atom is -0.308 e. The van der Waals surface area contributed by atoms with Crippen molar-refractivity contribution in [3.63, 3.8) is 0 Å². The molecule has 0 amide bonds. The first-order valence-electron chi connectivity index (χ1n) is 13.6. The van der Waals surface area contributed by atoms with Gasteiger partial charge in [0.2, 0.25) is 0 Å². The Labute approximate surface area is 229 Å². The van der Waals surface area contributed by atoms with Crippen molar-refractivity contribution < 1.29 is 0 Å². The monoisotopic (exact) mass is 521 g/mol. The molecule has 1 aliphatic carbocycles. The van der Waals surface area contributed by atoms with Gasteiger partial charge in [0.1, 0.15) is 5.82 Å². The number of likely N-dealkylation sites (N-methyl/N-ethyl adjacent to an activating group) is 1. The zero-order valence-corrected chi connectivity index (χ0v) is 23.3. The molecule has 0 radical (unpaired) electrons. The lowest BCUT2D eigenvalue weighted by atomic mass is 9.91. The predicted octanol–water partition coefficient (Wildman–Crippen LogP) is 4.44. The summed E-state index contributed by atoms with van der Waals surface area (Å²) in [5.41, 5.74) is 9.86. The molecular weight excluding hydrogens is 486 g/mol. The van der Waals surface area contributed by atoms with Crippen molar-refractivity contribution in [2.75, 3.05) is 20.6 Å². The summed E-state index contributed by atoms with van der Waals surface area (Å²) >= 11 is 0. The standard InChI is InChI=1S/C30H35N9/c1-20(2)39-19-24(18-32-39)21-6-8-22(9-7-21)30-28-26(35-37(30)5)11-10-23-17-31-27(33-29(23)28)16-25-12-13-38(34-25)15-14-36(3)4/h6-9,12-13,17-20H,10-11,14-16H2,1-5H3. The van der Waals surface area contributed by atoms with E-state index in [1.54, 1.807) is 0 Å². The quantitative estimate of drug-likeness (QED) is 0.300. The summed E-state index contributed by atoms with van der Waals surface area (Å²) in [6, 6.07) is 11.1. The zero-order chi connectivity index (χ0) is 27.1. The molecule has 9 nitrogen and oxygen atoms in total. The highest BCUT2D eigenvalue weighted by Crippen LogP contribution is 2.39. The second-order valence-electron chi connectivity index (χ2n) is 10.9. The number of fused-ring (bicyclic) bond motifs is 3. The van der Waals surface area contributed by atoms with E-state index in [1.165, 1.54) is 5.56 Å². The molecule has 0 saturated heterocycles. The molecule has 0 unspecified atom stereocenters. The number of hydrogen-bond acceptors (Lipinski definition) is 6. The van der Waals surface area contributed by atoms with Crippen LogP contribution in [-0.4, -0.2) is 64.8 Å². The number of aromatic nitrogens is 8. The molecule has 5 aromatic rings. The van der Waals surface area contributed by atoms with Crippen LogP contribution in [0.5, 0.6) is 0 Å². The van der Waals surface area contributed by atoms with Crippen LogP contribution in [0.3, 0.4) is 0 Å². The van der Waals surface area contributed by atoms with E-state index in [2.05, 4.69) is 74.5 Å². The SMILES string of the molecule is CC(C)n1cc(-c2ccc(-c3c4c(nn3C)CCc3cnc(Cc5ccn(CCN(C)C)n5)nc3-4)cc2)cn1. The molecule has 0 bridgehead atoms. The van der Waals surface area contributed by atoms with Crippen molar-refractivity contribution in [3.8, 4) is 33.6 Å². The lowest BCUT2D eigenvalue weighted by Gasteiger charge is -2.16. The fourth-order valence-electron chi connectivity index (χ4n) is 5.19. The fourth-order valence-corrected chi connectivity index (χ4v) is 5.19. The Hall–Kier alpha value is -4.11. The van der Waals surface area contributed by atoms with E-state index in [-0.39, 0.29) is 0 Å². The van der Waals surface area contributed by atoms with Crippen molar-refractivity contribution in [1.82, 2.24) is 44.2 Å². The summed E-state index contributed by atoms with van der Waals surface area (Å²) in [6.45, 7) is 6.08. The average Bonchev–Trinajstić information content (AvgIpc) is 3.66. The molecule has 9 heteroatoms. The van der Waals surface area contributed by atoms with Crippen LogP contribution in [0.25, 0.3) is 33.6 Å². The highest BCUT2D eigenvalue weighted by molar-refractivity contribution is 5.84. The Morgan fingerprint density at radius 1 is 0.949 bits per heavy atom. The smallest absolute Gasteiger partial charge is 0.134 e. The van der Waals surface area contributed by atoms with Gasteiger partial charge in [-0.05, 0) is 58.0 Å². The summed E-state index contributed by atoms with van der Waals surface area (Å²) in [6.07, 6.45) is 10.5. The molecule has 0 saturated carbocycles. The molecule has 0 fully saturated rings. The molecule has 6 rings (SSSR count). The minimum atomic E-state index is 0.338. The van der Waals surface area contributed by atoms with Gasteiger partial charge < -0.3 is 4.90 Å². The van der Waals surface area contributed by atoms with Gasteiger partial charge >= 0.3 is 0 Å². The van der Waals surface area contributed by atoms with Crippen molar-refractivity contribution in [3.05, 3.63) is 77.9 Å². The van der Waals surface area contributed by atoms with Crippen LogP contribution in [-0.2, 0) is 32.9 Å². The Morgan fingerprint density at radius 3 is 2.49 bits per heavy atom. The molecule has 1 aromatic carbocycles. The van der Waals surface area contributed by atoms with Crippen LogP contribution in [0.2, 0.25) is 0 Å². The third-order valence-corrected chi connectivity index (χ3v) is 7.34.